The first kappa shape index (κ1) is 22.8. The van der Waals surface area contributed by atoms with E-state index in [1.54, 1.807) is 41.7 Å². The molecule has 3 aromatic rings. The predicted molar refractivity (Wildman–Crippen MR) is 126 cm³/mol. The molecule has 0 radical (unpaired) electrons. The Hall–Kier alpha value is -2.41. The topological polar surface area (TPSA) is 73.6 Å². The highest BCUT2D eigenvalue weighted by molar-refractivity contribution is 7.89. The van der Waals surface area contributed by atoms with Crippen molar-refractivity contribution in [3.63, 3.8) is 0 Å². The van der Waals surface area contributed by atoms with Crippen LogP contribution < -0.4 is 4.74 Å². The molecule has 0 atom stereocenters. The first-order chi connectivity index (χ1) is 15.5. The van der Waals surface area contributed by atoms with E-state index in [0.717, 1.165) is 26.1 Å². The number of benzene rings is 2. The second kappa shape index (κ2) is 10.0. The molecule has 1 aromatic heterocycles. The van der Waals surface area contributed by atoms with Crippen LogP contribution >= 0.6 is 22.9 Å². The van der Waals surface area contributed by atoms with Gasteiger partial charge in [0.25, 0.3) is 0 Å². The summed E-state index contributed by atoms with van der Waals surface area (Å²) >= 11 is 7.78. The van der Waals surface area contributed by atoms with Crippen LogP contribution in [0.1, 0.15) is 10.4 Å². The first-order valence-corrected chi connectivity index (χ1v) is 12.9. The van der Waals surface area contributed by atoms with E-state index in [1.165, 1.54) is 21.3 Å². The normalized spacial score (nSPS) is 15.4. The molecule has 0 spiro atoms. The van der Waals surface area contributed by atoms with Gasteiger partial charge in [-0.25, -0.2) is 8.42 Å². The molecule has 1 aliphatic rings. The van der Waals surface area contributed by atoms with Crippen LogP contribution in [-0.2, 0) is 16.4 Å². The van der Waals surface area contributed by atoms with E-state index in [2.05, 4.69) is 22.4 Å². The molecular weight excluding hydrogens is 466 g/mol. The molecule has 0 unspecified atom stereocenters. The largest absolute Gasteiger partial charge is 0.456 e. The lowest BCUT2D eigenvalue weighted by Crippen LogP contribution is -2.48. The molecule has 6 nitrogen and oxygen atoms in total. The van der Waals surface area contributed by atoms with E-state index >= 15 is 0 Å². The molecule has 1 fully saturated rings. The SMILES string of the molecule is N#Cc1c(Cl)cccc1Oc1ccc(S(=O)(=O)N2CCN(CCc3cccs3)CC2)cc1. The number of rotatable bonds is 7. The zero-order valence-electron chi connectivity index (χ0n) is 17.3. The highest BCUT2D eigenvalue weighted by atomic mass is 35.5. The van der Waals surface area contributed by atoms with Crippen LogP contribution in [0.3, 0.4) is 0 Å². The minimum absolute atomic E-state index is 0.225. The maximum absolute atomic E-state index is 13.1. The number of hydrogen-bond acceptors (Lipinski definition) is 6. The number of piperazine rings is 1. The molecule has 1 saturated heterocycles. The maximum atomic E-state index is 13.1. The average Bonchev–Trinajstić information content (AvgIpc) is 3.32. The molecule has 0 saturated carbocycles. The molecule has 1 aliphatic heterocycles. The predicted octanol–water partition coefficient (Wildman–Crippen LogP) is 4.61. The summed E-state index contributed by atoms with van der Waals surface area (Å²) in [4.78, 5) is 3.88. The fourth-order valence-corrected chi connectivity index (χ4v) is 5.90. The van der Waals surface area contributed by atoms with Gasteiger partial charge >= 0.3 is 0 Å². The standard InChI is InChI=1S/C23H22ClN3O3S2/c24-22-4-1-5-23(21(22)17-25)30-18-6-8-20(9-7-18)32(28,29)27-14-12-26(13-15-27)11-10-19-3-2-16-31-19/h1-9,16H,10-15H2. The Kier molecular flexibility index (Phi) is 7.13. The third-order valence-electron chi connectivity index (χ3n) is 5.36. The fourth-order valence-electron chi connectivity index (χ4n) is 3.57. The van der Waals surface area contributed by atoms with Gasteiger partial charge in [-0.15, -0.1) is 11.3 Å². The van der Waals surface area contributed by atoms with Crippen molar-refractivity contribution in [3.05, 3.63) is 75.4 Å². The van der Waals surface area contributed by atoms with Gasteiger partial charge in [0, 0.05) is 37.6 Å². The summed E-state index contributed by atoms with van der Waals surface area (Å²) in [7, 11) is -3.57. The number of ether oxygens (including phenoxy) is 1. The van der Waals surface area contributed by atoms with Gasteiger partial charge in [-0.05, 0) is 54.3 Å². The lowest BCUT2D eigenvalue weighted by Gasteiger charge is -2.33. The maximum Gasteiger partial charge on any atom is 0.243 e. The molecule has 4 rings (SSSR count). The first-order valence-electron chi connectivity index (χ1n) is 10.2. The molecule has 9 heteroatoms. The molecule has 32 heavy (non-hydrogen) atoms. The van der Waals surface area contributed by atoms with Gasteiger partial charge in [-0.2, -0.15) is 9.57 Å². The second-order valence-corrected chi connectivity index (χ2v) is 10.8. The Morgan fingerprint density at radius 1 is 1.03 bits per heavy atom. The quantitative estimate of drug-likeness (QED) is 0.486. The smallest absolute Gasteiger partial charge is 0.243 e. The van der Waals surface area contributed by atoms with Crippen molar-refractivity contribution in [1.29, 1.82) is 5.26 Å². The highest BCUT2D eigenvalue weighted by Crippen LogP contribution is 2.30. The summed E-state index contributed by atoms with van der Waals surface area (Å²) in [6.07, 6.45) is 0.992. The monoisotopic (exact) mass is 487 g/mol. The van der Waals surface area contributed by atoms with Crippen LogP contribution in [0.4, 0.5) is 0 Å². The minimum Gasteiger partial charge on any atom is -0.456 e. The van der Waals surface area contributed by atoms with Crippen molar-refractivity contribution in [2.24, 2.45) is 0 Å². The molecular formula is C23H22ClN3O3S2. The summed E-state index contributed by atoms with van der Waals surface area (Å²) in [5.74, 6) is 0.760. The Bertz CT molecular complexity index is 1200. The van der Waals surface area contributed by atoms with Crippen molar-refractivity contribution in [1.82, 2.24) is 9.21 Å². The molecule has 0 aliphatic carbocycles. The number of nitrogens with zero attached hydrogens (tertiary/aromatic N) is 3. The van der Waals surface area contributed by atoms with E-state index in [0.29, 0.717) is 29.6 Å². The summed E-state index contributed by atoms with van der Waals surface area (Å²) in [5.41, 5.74) is 0.239. The van der Waals surface area contributed by atoms with Crippen molar-refractivity contribution in [2.75, 3.05) is 32.7 Å². The van der Waals surface area contributed by atoms with Crippen LogP contribution in [0.5, 0.6) is 11.5 Å². The Balaban J connectivity index is 1.37. The third kappa shape index (κ3) is 5.14. The molecule has 2 heterocycles. The summed E-state index contributed by atoms with van der Waals surface area (Å²) in [6.45, 7) is 3.32. The van der Waals surface area contributed by atoms with Crippen LogP contribution in [0.15, 0.2) is 64.9 Å². The van der Waals surface area contributed by atoms with E-state index in [1.807, 2.05) is 6.07 Å². The van der Waals surface area contributed by atoms with Crippen molar-refractivity contribution in [3.8, 4) is 17.6 Å². The van der Waals surface area contributed by atoms with Gasteiger partial charge < -0.3 is 9.64 Å². The lowest BCUT2D eigenvalue weighted by atomic mass is 10.2. The Morgan fingerprint density at radius 3 is 2.44 bits per heavy atom. The van der Waals surface area contributed by atoms with Crippen molar-refractivity contribution < 1.29 is 13.2 Å². The summed E-state index contributed by atoms with van der Waals surface area (Å²) in [6, 6.07) is 17.4. The van der Waals surface area contributed by atoms with E-state index < -0.39 is 10.0 Å². The van der Waals surface area contributed by atoms with E-state index in [9.17, 15) is 13.7 Å². The zero-order valence-corrected chi connectivity index (χ0v) is 19.7. The number of sulfonamides is 1. The van der Waals surface area contributed by atoms with Crippen LogP contribution in [0, 0.1) is 11.3 Å². The van der Waals surface area contributed by atoms with Gasteiger partial charge in [0.2, 0.25) is 10.0 Å². The second-order valence-electron chi connectivity index (χ2n) is 7.37. The zero-order chi connectivity index (χ0) is 22.6. The van der Waals surface area contributed by atoms with E-state index in [-0.39, 0.29) is 10.5 Å². The van der Waals surface area contributed by atoms with Gasteiger partial charge in [0.1, 0.15) is 23.1 Å². The summed E-state index contributed by atoms with van der Waals surface area (Å²) in [5, 5.41) is 11.7. The average molecular weight is 488 g/mol. The molecule has 166 valence electrons. The molecule has 0 amide bonds. The lowest BCUT2D eigenvalue weighted by molar-refractivity contribution is 0.190. The van der Waals surface area contributed by atoms with Gasteiger partial charge in [0.05, 0.1) is 9.92 Å². The van der Waals surface area contributed by atoms with Gasteiger partial charge in [-0.3, -0.25) is 0 Å². The van der Waals surface area contributed by atoms with Crippen LogP contribution in [-0.4, -0.2) is 50.3 Å². The Labute approximate surface area is 197 Å². The summed E-state index contributed by atoms with van der Waals surface area (Å²) < 4.78 is 33.4. The van der Waals surface area contributed by atoms with Crippen molar-refractivity contribution >= 4 is 33.0 Å². The minimum atomic E-state index is -3.57. The third-order valence-corrected chi connectivity index (χ3v) is 8.53. The number of hydrogen-bond donors (Lipinski definition) is 0. The molecule has 0 bridgehead atoms. The van der Waals surface area contributed by atoms with Crippen LogP contribution in [0.2, 0.25) is 5.02 Å². The highest BCUT2D eigenvalue weighted by Gasteiger charge is 2.28. The molecule has 2 aromatic carbocycles. The number of nitriles is 1. The Morgan fingerprint density at radius 2 is 1.78 bits per heavy atom. The van der Waals surface area contributed by atoms with Gasteiger partial charge in [-0.1, -0.05) is 23.7 Å². The fraction of sp³-hybridized carbons (Fsp3) is 0.261. The van der Waals surface area contributed by atoms with E-state index in [4.69, 9.17) is 16.3 Å². The van der Waals surface area contributed by atoms with Crippen LogP contribution in [0.25, 0.3) is 0 Å². The number of halogens is 1. The van der Waals surface area contributed by atoms with Crippen molar-refractivity contribution in [2.45, 2.75) is 11.3 Å². The number of thiophene rings is 1. The molecule has 0 N–H and O–H groups in total. The van der Waals surface area contributed by atoms with Gasteiger partial charge in [0.15, 0.2) is 0 Å².